The SMILES string of the molecule is C=CC(=O)N1CCC(Oc2cc(OCC3CCCN3C)nc(/C(N)=N/C(O)C3CCCc4sc(N)c(C#N)c43)c2)CC1. The fourth-order valence-corrected chi connectivity index (χ4v) is 7.20. The van der Waals surface area contributed by atoms with Gasteiger partial charge in [0.05, 0.1) is 5.56 Å². The summed E-state index contributed by atoms with van der Waals surface area (Å²) in [5.41, 5.74) is 14.1. The lowest BCUT2D eigenvalue weighted by Gasteiger charge is -2.31. The molecule has 3 atom stereocenters. The molecule has 42 heavy (non-hydrogen) atoms. The summed E-state index contributed by atoms with van der Waals surface area (Å²) in [5.74, 6) is 0.496. The van der Waals surface area contributed by atoms with E-state index in [0.717, 1.165) is 42.7 Å². The number of fused-ring (bicyclic) bond motifs is 1. The molecule has 3 aliphatic rings. The van der Waals surface area contributed by atoms with Crippen molar-refractivity contribution >= 4 is 28.1 Å². The van der Waals surface area contributed by atoms with Crippen molar-refractivity contribution in [1.82, 2.24) is 14.8 Å². The average molecular weight is 594 g/mol. The van der Waals surface area contributed by atoms with Crippen LogP contribution in [0.4, 0.5) is 5.00 Å². The monoisotopic (exact) mass is 593 g/mol. The quantitative estimate of drug-likeness (QED) is 0.225. The Morgan fingerprint density at radius 1 is 1.31 bits per heavy atom. The Balaban J connectivity index is 1.37. The highest BCUT2D eigenvalue weighted by atomic mass is 32.1. The molecule has 11 nitrogen and oxygen atoms in total. The van der Waals surface area contributed by atoms with E-state index < -0.39 is 6.23 Å². The highest BCUT2D eigenvalue weighted by Gasteiger charge is 2.33. The molecule has 3 unspecified atom stereocenters. The van der Waals surface area contributed by atoms with Crippen LogP contribution < -0.4 is 20.9 Å². The number of nitrogens with two attached hydrogens (primary N) is 2. The summed E-state index contributed by atoms with van der Waals surface area (Å²) < 4.78 is 12.5. The van der Waals surface area contributed by atoms with Gasteiger partial charge in [0.1, 0.15) is 41.1 Å². The van der Waals surface area contributed by atoms with Gasteiger partial charge in [0.2, 0.25) is 11.8 Å². The number of aliphatic hydroxyl groups is 1. The van der Waals surface area contributed by atoms with Gasteiger partial charge in [-0.05, 0) is 57.3 Å². The molecule has 1 amide bonds. The van der Waals surface area contributed by atoms with E-state index in [0.29, 0.717) is 72.9 Å². The number of amides is 1. The van der Waals surface area contributed by atoms with E-state index in [1.54, 1.807) is 17.0 Å². The van der Waals surface area contributed by atoms with Crippen molar-refractivity contribution in [3.63, 3.8) is 0 Å². The first-order chi connectivity index (χ1) is 20.3. The maximum absolute atomic E-state index is 12.0. The number of aromatic nitrogens is 1. The summed E-state index contributed by atoms with van der Waals surface area (Å²) in [7, 11) is 2.09. The normalized spacial score (nSPS) is 22.3. The number of likely N-dealkylation sites (tertiary alicyclic amines) is 2. The molecule has 2 aromatic rings. The van der Waals surface area contributed by atoms with Crippen LogP contribution in [-0.2, 0) is 11.2 Å². The number of pyridine rings is 1. The third-order valence-corrected chi connectivity index (χ3v) is 9.54. The van der Waals surface area contributed by atoms with Gasteiger partial charge in [0, 0.05) is 54.9 Å². The minimum atomic E-state index is -1.17. The Hall–Kier alpha value is -3.66. The van der Waals surface area contributed by atoms with E-state index >= 15 is 0 Å². The summed E-state index contributed by atoms with van der Waals surface area (Å²) in [5, 5.41) is 21.4. The second kappa shape index (κ2) is 13.1. The molecule has 0 aromatic carbocycles. The molecule has 2 saturated heterocycles. The largest absolute Gasteiger partial charge is 0.490 e. The molecular formula is C30H39N7O4S. The molecule has 0 saturated carbocycles. The fraction of sp³-hybridized carbons (Fsp3) is 0.533. The zero-order valence-corrected chi connectivity index (χ0v) is 24.8. The molecule has 0 spiro atoms. The van der Waals surface area contributed by atoms with E-state index in [4.69, 9.17) is 20.9 Å². The molecule has 224 valence electrons. The average Bonchev–Trinajstić information content (AvgIpc) is 3.56. The second-order valence-electron chi connectivity index (χ2n) is 11.2. The van der Waals surface area contributed by atoms with Crippen LogP contribution in [0.2, 0.25) is 0 Å². The number of anilines is 1. The van der Waals surface area contributed by atoms with Gasteiger partial charge in [-0.1, -0.05) is 6.58 Å². The predicted octanol–water partition coefficient (Wildman–Crippen LogP) is 2.77. The van der Waals surface area contributed by atoms with Gasteiger partial charge in [0.25, 0.3) is 0 Å². The topological polar surface area (TPSA) is 163 Å². The van der Waals surface area contributed by atoms with Gasteiger partial charge in [-0.15, -0.1) is 11.3 Å². The Kier molecular flexibility index (Phi) is 9.30. The number of thiophene rings is 1. The number of rotatable bonds is 9. The van der Waals surface area contributed by atoms with Crippen LogP contribution in [0.1, 0.15) is 66.1 Å². The molecule has 1 aliphatic carbocycles. The Morgan fingerprint density at radius 2 is 2.10 bits per heavy atom. The minimum Gasteiger partial charge on any atom is -0.490 e. The van der Waals surface area contributed by atoms with Crippen molar-refractivity contribution in [1.29, 1.82) is 5.26 Å². The van der Waals surface area contributed by atoms with Crippen molar-refractivity contribution in [3.8, 4) is 17.7 Å². The van der Waals surface area contributed by atoms with Crippen LogP contribution in [-0.4, -0.2) is 83.3 Å². The van der Waals surface area contributed by atoms with Crippen molar-refractivity contribution in [2.24, 2.45) is 10.7 Å². The predicted molar refractivity (Wildman–Crippen MR) is 162 cm³/mol. The zero-order valence-electron chi connectivity index (χ0n) is 24.0. The molecule has 2 aliphatic heterocycles. The number of amidine groups is 1. The van der Waals surface area contributed by atoms with Gasteiger partial charge < -0.3 is 35.8 Å². The maximum atomic E-state index is 12.0. The van der Waals surface area contributed by atoms with Gasteiger partial charge >= 0.3 is 0 Å². The lowest BCUT2D eigenvalue weighted by Crippen LogP contribution is -2.41. The molecular weight excluding hydrogens is 554 g/mol. The first kappa shape index (κ1) is 29.8. The number of aryl methyl sites for hydroxylation is 1. The molecule has 2 aromatic heterocycles. The number of hydrogen-bond acceptors (Lipinski definition) is 10. The number of carbonyl (C=O) groups excluding carboxylic acids is 1. The molecule has 5 N–H and O–H groups in total. The van der Waals surface area contributed by atoms with Gasteiger partial charge in [0.15, 0.2) is 6.23 Å². The summed E-state index contributed by atoms with van der Waals surface area (Å²) in [6.07, 6.45) is 5.97. The molecule has 12 heteroatoms. The van der Waals surface area contributed by atoms with Crippen molar-refractivity contribution < 1.29 is 19.4 Å². The van der Waals surface area contributed by atoms with Crippen LogP contribution >= 0.6 is 11.3 Å². The summed E-state index contributed by atoms with van der Waals surface area (Å²) >= 11 is 1.41. The number of aliphatic imine (C=N–C) groups is 1. The number of nitrogen functional groups attached to an aromatic ring is 1. The number of ether oxygens (including phenoxy) is 2. The lowest BCUT2D eigenvalue weighted by atomic mass is 9.84. The third kappa shape index (κ3) is 6.53. The number of likely N-dealkylation sites (N-methyl/N-ethyl adjacent to an activating group) is 1. The number of nitriles is 1. The lowest BCUT2D eigenvalue weighted by molar-refractivity contribution is -0.127. The molecule has 2 fully saturated rings. The highest BCUT2D eigenvalue weighted by Crippen LogP contribution is 2.43. The second-order valence-corrected chi connectivity index (χ2v) is 12.3. The van der Waals surface area contributed by atoms with Crippen LogP contribution in [0.5, 0.6) is 11.6 Å². The number of hydrogen-bond donors (Lipinski definition) is 3. The van der Waals surface area contributed by atoms with Gasteiger partial charge in [-0.2, -0.15) is 5.26 Å². The van der Waals surface area contributed by atoms with Crippen LogP contribution in [0.25, 0.3) is 0 Å². The van der Waals surface area contributed by atoms with Crippen molar-refractivity contribution in [3.05, 3.63) is 46.5 Å². The standard InChI is InChI=1S/C30H39N7O4S/c1-3-26(38)37-12-9-19(10-13-37)41-20-14-23(34-25(15-20)40-17-18-6-5-11-36(18)2)28(32)35-30(39)21-7-4-8-24-27(21)22(16-31)29(33)42-24/h3,14-15,18-19,21,30,39H,1,4-13,17,33H2,2H3,(H2,32,35). The first-order valence-corrected chi connectivity index (χ1v) is 15.3. The van der Waals surface area contributed by atoms with Crippen LogP contribution in [0, 0.1) is 11.3 Å². The molecule has 5 rings (SSSR count). The van der Waals surface area contributed by atoms with E-state index in [1.165, 1.54) is 17.4 Å². The van der Waals surface area contributed by atoms with E-state index in [1.807, 2.05) is 0 Å². The minimum absolute atomic E-state index is 0.0519. The van der Waals surface area contributed by atoms with Crippen molar-refractivity contribution in [2.75, 3.05) is 39.0 Å². The fourth-order valence-electron chi connectivity index (χ4n) is 6.07. The number of aliphatic hydroxyl groups excluding tert-OH is 1. The number of nitrogens with zero attached hydrogens (tertiary/aromatic N) is 5. The Morgan fingerprint density at radius 3 is 2.79 bits per heavy atom. The molecule has 4 heterocycles. The van der Waals surface area contributed by atoms with E-state index in [9.17, 15) is 15.2 Å². The van der Waals surface area contributed by atoms with Gasteiger partial charge in [-0.3, -0.25) is 4.79 Å². The Labute approximate surface area is 250 Å². The summed E-state index contributed by atoms with van der Waals surface area (Å²) in [6.45, 7) is 6.26. The zero-order chi connectivity index (χ0) is 29.8. The van der Waals surface area contributed by atoms with Crippen LogP contribution in [0.15, 0.2) is 29.8 Å². The Bertz CT molecular complexity index is 1380. The van der Waals surface area contributed by atoms with Crippen LogP contribution in [0.3, 0.4) is 0 Å². The number of carbonyl (C=O) groups is 1. The number of piperidine rings is 1. The molecule has 0 radical (unpaired) electrons. The molecule has 0 bridgehead atoms. The maximum Gasteiger partial charge on any atom is 0.245 e. The first-order valence-electron chi connectivity index (χ1n) is 14.5. The smallest absolute Gasteiger partial charge is 0.245 e. The van der Waals surface area contributed by atoms with E-state index in [-0.39, 0.29) is 23.8 Å². The highest BCUT2D eigenvalue weighted by molar-refractivity contribution is 7.16. The van der Waals surface area contributed by atoms with Gasteiger partial charge in [-0.25, -0.2) is 9.98 Å². The third-order valence-electron chi connectivity index (χ3n) is 8.45. The van der Waals surface area contributed by atoms with E-state index in [2.05, 4.69) is 34.6 Å². The summed E-state index contributed by atoms with van der Waals surface area (Å²) in [4.78, 5) is 26.1. The van der Waals surface area contributed by atoms with Crippen molar-refractivity contribution in [2.45, 2.75) is 69.2 Å². The summed E-state index contributed by atoms with van der Waals surface area (Å²) in [6, 6.07) is 5.96.